The van der Waals surface area contributed by atoms with Crippen LogP contribution in [0.2, 0.25) is 0 Å². The third-order valence-electron chi connectivity index (χ3n) is 5.58. The van der Waals surface area contributed by atoms with E-state index in [1.54, 1.807) is 0 Å². The molecule has 0 bridgehead atoms. The van der Waals surface area contributed by atoms with Crippen LogP contribution in [0.3, 0.4) is 0 Å². The molecular weight excluding hydrogens is 326 g/mol. The smallest absolute Gasteiger partial charge is 0.284 e. The number of amides is 2. The van der Waals surface area contributed by atoms with Crippen LogP contribution in [0.1, 0.15) is 26.7 Å². The first kappa shape index (κ1) is 18.4. The molecule has 1 aliphatic heterocycles. The summed E-state index contributed by atoms with van der Waals surface area (Å²) in [5.74, 6) is -0.270. The van der Waals surface area contributed by atoms with Gasteiger partial charge in [0, 0.05) is 11.9 Å². The lowest BCUT2D eigenvalue weighted by Gasteiger charge is -2.34. The highest BCUT2D eigenvalue weighted by atomic mass is 16.2. The van der Waals surface area contributed by atoms with Gasteiger partial charge in [-0.3, -0.25) is 9.59 Å². The van der Waals surface area contributed by atoms with Crippen LogP contribution in [-0.4, -0.2) is 37.5 Å². The molecule has 0 spiro atoms. The number of fused-ring (bicyclic) bond motifs is 1. The molecule has 5 heteroatoms. The number of hydrogen-bond acceptors (Lipinski definition) is 2. The molecule has 2 amide bonds. The fourth-order valence-electron chi connectivity index (χ4n) is 4.03. The van der Waals surface area contributed by atoms with Crippen molar-refractivity contribution in [2.45, 2.75) is 32.7 Å². The maximum atomic E-state index is 13.3. The van der Waals surface area contributed by atoms with Crippen molar-refractivity contribution < 1.29 is 14.5 Å². The van der Waals surface area contributed by atoms with Crippen LogP contribution in [-0.2, 0) is 9.59 Å². The number of carbonyl (C=O) groups is 2. The second-order valence-corrected chi connectivity index (χ2v) is 7.16. The molecule has 5 nitrogen and oxygen atoms in total. The van der Waals surface area contributed by atoms with Crippen LogP contribution in [0.5, 0.6) is 0 Å². The number of nitrogens with zero attached hydrogens (tertiary/aromatic N) is 1. The summed E-state index contributed by atoms with van der Waals surface area (Å²) >= 11 is 0. The zero-order valence-corrected chi connectivity index (χ0v) is 15.6. The third-order valence-corrected chi connectivity index (χ3v) is 5.58. The van der Waals surface area contributed by atoms with Gasteiger partial charge in [-0.05, 0) is 38.1 Å². The Morgan fingerprint density at radius 2 is 1.96 bits per heavy atom. The van der Waals surface area contributed by atoms with Gasteiger partial charge in [0.1, 0.15) is 0 Å². The Hall–Kier alpha value is -2.40. The van der Waals surface area contributed by atoms with Gasteiger partial charge < -0.3 is 15.5 Å². The van der Waals surface area contributed by atoms with Crippen LogP contribution >= 0.6 is 0 Å². The van der Waals surface area contributed by atoms with E-state index in [1.807, 2.05) is 43.0 Å². The SMILES string of the molecule is CCN(C(=O)[C@@H](C)[NH+]1CCC[C@H](C(N)=O)C1)c1cccc2ccccc12. The fourth-order valence-corrected chi connectivity index (χ4v) is 4.03. The molecule has 0 radical (unpaired) electrons. The number of rotatable bonds is 5. The van der Waals surface area contributed by atoms with Gasteiger partial charge in [-0.1, -0.05) is 36.4 Å². The standard InChI is InChI=1S/C21H27N3O2/c1-3-24(19-12-6-9-16-8-4-5-11-18(16)19)21(26)15(2)23-13-7-10-17(14-23)20(22)25/h4-6,8-9,11-12,15,17H,3,7,10,13-14H2,1-2H3,(H2,22,25)/p+1/t15-,17+/m1/s1. The molecule has 3 rings (SSSR count). The highest BCUT2D eigenvalue weighted by Gasteiger charge is 2.35. The van der Waals surface area contributed by atoms with E-state index in [2.05, 4.69) is 18.2 Å². The molecule has 1 unspecified atom stereocenters. The molecule has 3 N–H and O–H groups in total. The predicted octanol–water partition coefficient (Wildman–Crippen LogP) is 1.36. The second-order valence-electron chi connectivity index (χ2n) is 7.16. The number of likely N-dealkylation sites (tertiary alicyclic amines) is 1. The van der Waals surface area contributed by atoms with Gasteiger partial charge in [0.15, 0.2) is 6.04 Å². The average Bonchev–Trinajstić information content (AvgIpc) is 2.68. The van der Waals surface area contributed by atoms with Crippen molar-refractivity contribution in [1.29, 1.82) is 0 Å². The van der Waals surface area contributed by atoms with E-state index in [0.717, 1.165) is 40.7 Å². The van der Waals surface area contributed by atoms with E-state index in [4.69, 9.17) is 5.73 Å². The largest absolute Gasteiger partial charge is 0.369 e. The van der Waals surface area contributed by atoms with Gasteiger partial charge in [-0.25, -0.2) is 0 Å². The van der Waals surface area contributed by atoms with Crippen molar-refractivity contribution in [3.8, 4) is 0 Å². The van der Waals surface area contributed by atoms with E-state index in [9.17, 15) is 9.59 Å². The monoisotopic (exact) mass is 354 g/mol. The summed E-state index contributed by atoms with van der Waals surface area (Å²) in [7, 11) is 0. The first-order chi connectivity index (χ1) is 12.5. The summed E-state index contributed by atoms with van der Waals surface area (Å²) in [6.07, 6.45) is 1.77. The van der Waals surface area contributed by atoms with Gasteiger partial charge in [-0.2, -0.15) is 0 Å². The molecule has 1 heterocycles. The van der Waals surface area contributed by atoms with Crippen LogP contribution in [0.15, 0.2) is 42.5 Å². The molecule has 2 aromatic carbocycles. The number of carbonyl (C=O) groups excluding carboxylic acids is 2. The molecule has 0 saturated carbocycles. The van der Waals surface area contributed by atoms with E-state index in [1.165, 1.54) is 0 Å². The second kappa shape index (κ2) is 7.87. The van der Waals surface area contributed by atoms with E-state index >= 15 is 0 Å². The van der Waals surface area contributed by atoms with E-state index in [0.29, 0.717) is 13.1 Å². The van der Waals surface area contributed by atoms with Crippen molar-refractivity contribution >= 4 is 28.3 Å². The van der Waals surface area contributed by atoms with Crippen molar-refractivity contribution in [2.24, 2.45) is 11.7 Å². The number of anilines is 1. The summed E-state index contributed by atoms with van der Waals surface area (Å²) in [4.78, 5) is 27.9. The molecule has 138 valence electrons. The normalized spacial score (nSPS) is 21.3. The summed E-state index contributed by atoms with van der Waals surface area (Å²) in [5.41, 5.74) is 6.45. The Bertz CT molecular complexity index is 799. The van der Waals surface area contributed by atoms with Crippen LogP contribution in [0, 0.1) is 5.92 Å². The van der Waals surface area contributed by atoms with Crippen molar-refractivity contribution in [3.63, 3.8) is 0 Å². The molecule has 1 aliphatic rings. The Morgan fingerprint density at radius 3 is 2.69 bits per heavy atom. The Balaban J connectivity index is 1.85. The maximum Gasteiger partial charge on any atom is 0.284 e. The number of nitrogens with one attached hydrogen (secondary N) is 1. The van der Waals surface area contributed by atoms with Gasteiger partial charge in [0.2, 0.25) is 5.91 Å². The van der Waals surface area contributed by atoms with Gasteiger partial charge in [-0.15, -0.1) is 0 Å². The minimum absolute atomic E-state index is 0.101. The molecule has 26 heavy (non-hydrogen) atoms. The number of piperidine rings is 1. The van der Waals surface area contributed by atoms with E-state index < -0.39 is 0 Å². The van der Waals surface area contributed by atoms with Crippen molar-refractivity contribution in [1.82, 2.24) is 0 Å². The first-order valence-electron chi connectivity index (χ1n) is 9.46. The quantitative estimate of drug-likeness (QED) is 0.851. The Morgan fingerprint density at radius 1 is 1.23 bits per heavy atom. The lowest BCUT2D eigenvalue weighted by molar-refractivity contribution is -0.921. The molecular formula is C21H28N3O2+. The number of benzene rings is 2. The van der Waals surface area contributed by atoms with Crippen LogP contribution in [0.4, 0.5) is 5.69 Å². The van der Waals surface area contributed by atoms with Gasteiger partial charge >= 0.3 is 0 Å². The summed E-state index contributed by atoms with van der Waals surface area (Å²) in [6, 6.07) is 14.0. The average molecular weight is 354 g/mol. The van der Waals surface area contributed by atoms with Crippen LogP contribution < -0.4 is 15.5 Å². The molecule has 1 fully saturated rings. The number of primary amides is 1. The highest BCUT2D eigenvalue weighted by molar-refractivity contribution is 6.04. The third kappa shape index (κ3) is 3.58. The molecule has 1 saturated heterocycles. The summed E-state index contributed by atoms with van der Waals surface area (Å²) in [5, 5.41) is 2.21. The zero-order valence-electron chi connectivity index (χ0n) is 15.6. The Labute approximate surface area is 154 Å². The minimum Gasteiger partial charge on any atom is -0.369 e. The number of likely N-dealkylation sites (N-methyl/N-ethyl adjacent to an activating group) is 1. The summed E-state index contributed by atoms with van der Waals surface area (Å²) < 4.78 is 0. The maximum absolute atomic E-state index is 13.3. The molecule has 3 atom stereocenters. The minimum atomic E-state index is -0.247. The summed E-state index contributed by atoms with van der Waals surface area (Å²) in [6.45, 7) is 6.14. The van der Waals surface area contributed by atoms with Crippen molar-refractivity contribution in [3.05, 3.63) is 42.5 Å². The fraction of sp³-hybridized carbons (Fsp3) is 0.429. The molecule has 0 aliphatic carbocycles. The van der Waals surface area contributed by atoms with Crippen molar-refractivity contribution in [2.75, 3.05) is 24.5 Å². The Kier molecular flexibility index (Phi) is 5.57. The predicted molar refractivity (Wildman–Crippen MR) is 104 cm³/mol. The topological polar surface area (TPSA) is 67.8 Å². The highest BCUT2D eigenvalue weighted by Crippen LogP contribution is 2.27. The number of quaternary nitrogens is 1. The van der Waals surface area contributed by atoms with Crippen LogP contribution in [0.25, 0.3) is 10.8 Å². The molecule has 2 aromatic rings. The number of nitrogens with two attached hydrogens (primary N) is 1. The van der Waals surface area contributed by atoms with Gasteiger partial charge in [0.25, 0.3) is 5.91 Å². The molecule has 0 aromatic heterocycles. The lowest BCUT2D eigenvalue weighted by Crippen LogP contribution is -3.18. The van der Waals surface area contributed by atoms with Gasteiger partial charge in [0.05, 0.1) is 24.7 Å². The zero-order chi connectivity index (χ0) is 18.7. The number of hydrogen-bond donors (Lipinski definition) is 2. The first-order valence-corrected chi connectivity index (χ1v) is 9.46. The lowest BCUT2D eigenvalue weighted by atomic mass is 9.96. The van der Waals surface area contributed by atoms with E-state index in [-0.39, 0.29) is 23.8 Å².